The molecule has 0 atom stereocenters. The Balaban J connectivity index is 2.25. The fourth-order valence-corrected chi connectivity index (χ4v) is 3.40. The second kappa shape index (κ2) is 7.72. The number of anilines is 2. The minimum absolute atomic E-state index is 0.0383. The SMILES string of the molecule is Cc1ccc(N(CC(=O)Nc2ccc(Br)cc2F)S(C)(=O)=O)cc1Cl. The first-order valence-corrected chi connectivity index (χ1v) is 10.1. The Morgan fingerprint density at radius 3 is 2.52 bits per heavy atom. The van der Waals surface area contributed by atoms with Crippen molar-refractivity contribution in [3.05, 3.63) is 57.3 Å². The average Bonchev–Trinajstić information content (AvgIpc) is 2.49. The van der Waals surface area contributed by atoms with E-state index < -0.39 is 28.3 Å². The summed E-state index contributed by atoms with van der Waals surface area (Å²) in [6, 6.07) is 8.81. The lowest BCUT2D eigenvalue weighted by Crippen LogP contribution is -2.37. The Kier molecular flexibility index (Phi) is 6.08. The van der Waals surface area contributed by atoms with E-state index in [4.69, 9.17) is 11.6 Å². The Morgan fingerprint density at radius 2 is 1.96 bits per heavy atom. The number of halogens is 3. The molecule has 0 aromatic heterocycles. The van der Waals surface area contributed by atoms with Crippen molar-refractivity contribution in [3.63, 3.8) is 0 Å². The molecule has 0 aliphatic carbocycles. The number of hydrogen-bond donors (Lipinski definition) is 1. The zero-order valence-corrected chi connectivity index (χ0v) is 16.5. The van der Waals surface area contributed by atoms with Gasteiger partial charge in [0.25, 0.3) is 0 Å². The lowest BCUT2D eigenvalue weighted by Gasteiger charge is -2.22. The minimum atomic E-state index is -3.74. The molecule has 2 aromatic rings. The van der Waals surface area contributed by atoms with Crippen molar-refractivity contribution < 1.29 is 17.6 Å². The van der Waals surface area contributed by atoms with Crippen molar-refractivity contribution in [2.75, 3.05) is 22.4 Å². The standard InChI is InChI=1S/C16H15BrClFN2O3S/c1-10-3-5-12(8-13(10)18)21(25(2,23)24)9-16(22)20-15-6-4-11(17)7-14(15)19/h3-8H,9H2,1-2H3,(H,20,22). The molecule has 0 radical (unpaired) electrons. The predicted octanol–water partition coefficient (Wildman–Crippen LogP) is 3.95. The molecule has 2 aromatic carbocycles. The van der Waals surface area contributed by atoms with Gasteiger partial charge in [0.15, 0.2) is 0 Å². The maximum absolute atomic E-state index is 13.8. The molecule has 1 N–H and O–H groups in total. The summed E-state index contributed by atoms with van der Waals surface area (Å²) >= 11 is 9.15. The number of carbonyl (C=O) groups excluding carboxylic acids is 1. The maximum Gasteiger partial charge on any atom is 0.245 e. The van der Waals surface area contributed by atoms with Crippen molar-refractivity contribution in [3.8, 4) is 0 Å². The number of hydrogen-bond acceptors (Lipinski definition) is 3. The minimum Gasteiger partial charge on any atom is -0.322 e. The summed E-state index contributed by atoms with van der Waals surface area (Å²) in [6.45, 7) is 1.27. The van der Waals surface area contributed by atoms with Crippen LogP contribution in [-0.4, -0.2) is 27.1 Å². The van der Waals surface area contributed by atoms with Crippen LogP contribution in [0.5, 0.6) is 0 Å². The Bertz CT molecular complexity index is 922. The van der Waals surface area contributed by atoms with Crippen molar-refractivity contribution in [1.82, 2.24) is 0 Å². The Labute approximate surface area is 159 Å². The highest BCUT2D eigenvalue weighted by Gasteiger charge is 2.22. The fraction of sp³-hybridized carbons (Fsp3) is 0.188. The van der Waals surface area contributed by atoms with Crippen LogP contribution >= 0.6 is 27.5 Å². The van der Waals surface area contributed by atoms with Crippen LogP contribution in [0, 0.1) is 12.7 Å². The summed E-state index contributed by atoms with van der Waals surface area (Å²) in [6.07, 6.45) is 0.980. The van der Waals surface area contributed by atoms with Crippen LogP contribution in [0.25, 0.3) is 0 Å². The average molecular weight is 450 g/mol. The van der Waals surface area contributed by atoms with E-state index in [-0.39, 0.29) is 11.4 Å². The van der Waals surface area contributed by atoms with Crippen molar-refractivity contribution >= 4 is 54.8 Å². The highest BCUT2D eigenvalue weighted by Crippen LogP contribution is 2.25. The molecule has 5 nitrogen and oxygen atoms in total. The van der Waals surface area contributed by atoms with Gasteiger partial charge in [-0.3, -0.25) is 9.10 Å². The lowest BCUT2D eigenvalue weighted by molar-refractivity contribution is -0.114. The van der Waals surface area contributed by atoms with Gasteiger partial charge in [-0.25, -0.2) is 12.8 Å². The fourth-order valence-electron chi connectivity index (χ4n) is 2.05. The summed E-state index contributed by atoms with van der Waals surface area (Å²) in [4.78, 5) is 12.2. The predicted molar refractivity (Wildman–Crippen MR) is 101 cm³/mol. The van der Waals surface area contributed by atoms with Gasteiger partial charge in [-0.1, -0.05) is 33.6 Å². The van der Waals surface area contributed by atoms with Crippen LogP contribution in [0.2, 0.25) is 5.02 Å². The molecule has 2 rings (SSSR count). The van der Waals surface area contributed by atoms with Crippen molar-refractivity contribution in [2.45, 2.75) is 6.92 Å². The van der Waals surface area contributed by atoms with Gasteiger partial charge in [0.05, 0.1) is 17.6 Å². The maximum atomic E-state index is 13.8. The quantitative estimate of drug-likeness (QED) is 0.751. The van der Waals surface area contributed by atoms with Gasteiger partial charge in [-0.2, -0.15) is 0 Å². The van der Waals surface area contributed by atoms with E-state index in [1.165, 1.54) is 18.2 Å². The molecule has 0 bridgehead atoms. The van der Waals surface area contributed by atoms with E-state index in [0.717, 1.165) is 16.1 Å². The highest BCUT2D eigenvalue weighted by molar-refractivity contribution is 9.10. The molecule has 1 amide bonds. The molecule has 0 fully saturated rings. The normalized spacial score (nSPS) is 11.2. The molecule has 25 heavy (non-hydrogen) atoms. The van der Waals surface area contributed by atoms with E-state index >= 15 is 0 Å². The second-order valence-electron chi connectivity index (χ2n) is 5.38. The third-order valence-electron chi connectivity index (χ3n) is 3.34. The second-order valence-corrected chi connectivity index (χ2v) is 8.61. The topological polar surface area (TPSA) is 66.5 Å². The molecule has 0 aliphatic rings. The molecular formula is C16H15BrClFN2O3S. The molecule has 9 heteroatoms. The zero-order chi connectivity index (χ0) is 18.8. The molecule has 134 valence electrons. The first-order chi connectivity index (χ1) is 11.6. The first-order valence-electron chi connectivity index (χ1n) is 7.06. The summed E-state index contributed by atoms with van der Waals surface area (Å²) in [5.41, 5.74) is 0.994. The third-order valence-corrected chi connectivity index (χ3v) is 5.38. The van der Waals surface area contributed by atoms with Crippen molar-refractivity contribution in [1.29, 1.82) is 0 Å². The summed E-state index contributed by atoms with van der Waals surface area (Å²) in [5, 5.41) is 2.74. The molecule has 0 aliphatic heterocycles. The van der Waals surface area contributed by atoms with Gasteiger partial charge in [-0.05, 0) is 42.8 Å². The monoisotopic (exact) mass is 448 g/mol. The molecule has 0 heterocycles. The lowest BCUT2D eigenvalue weighted by atomic mass is 10.2. The van der Waals surface area contributed by atoms with Crippen LogP contribution in [0.3, 0.4) is 0 Å². The van der Waals surface area contributed by atoms with Gasteiger partial charge in [-0.15, -0.1) is 0 Å². The number of rotatable bonds is 5. The summed E-state index contributed by atoms with van der Waals surface area (Å²) in [7, 11) is -3.74. The number of sulfonamides is 1. The number of aryl methyl sites for hydroxylation is 1. The van der Waals surface area contributed by atoms with E-state index in [1.54, 1.807) is 25.1 Å². The van der Waals surface area contributed by atoms with Crippen LogP contribution in [0.15, 0.2) is 40.9 Å². The third kappa shape index (κ3) is 5.17. The van der Waals surface area contributed by atoms with Crippen LogP contribution in [-0.2, 0) is 14.8 Å². The molecular weight excluding hydrogens is 435 g/mol. The smallest absolute Gasteiger partial charge is 0.245 e. The Morgan fingerprint density at radius 1 is 1.28 bits per heavy atom. The van der Waals surface area contributed by atoms with E-state index in [9.17, 15) is 17.6 Å². The van der Waals surface area contributed by atoms with Gasteiger partial charge < -0.3 is 5.32 Å². The van der Waals surface area contributed by atoms with Crippen LogP contribution in [0.1, 0.15) is 5.56 Å². The molecule has 0 saturated heterocycles. The van der Waals surface area contributed by atoms with E-state index in [1.807, 2.05) is 0 Å². The Hall–Kier alpha value is -1.64. The van der Waals surface area contributed by atoms with Crippen LogP contribution < -0.4 is 9.62 Å². The first kappa shape index (κ1) is 19.7. The number of nitrogens with one attached hydrogen (secondary N) is 1. The largest absolute Gasteiger partial charge is 0.322 e. The molecule has 0 spiro atoms. The number of amides is 1. The summed E-state index contributed by atoms with van der Waals surface area (Å²) < 4.78 is 39.3. The number of nitrogens with zero attached hydrogens (tertiary/aromatic N) is 1. The number of carbonyl (C=O) groups is 1. The van der Waals surface area contributed by atoms with Gasteiger partial charge >= 0.3 is 0 Å². The highest BCUT2D eigenvalue weighted by atomic mass is 79.9. The number of benzene rings is 2. The molecule has 0 unspecified atom stereocenters. The summed E-state index contributed by atoms with van der Waals surface area (Å²) in [5.74, 6) is -1.31. The van der Waals surface area contributed by atoms with E-state index in [2.05, 4.69) is 21.2 Å². The molecule has 0 saturated carbocycles. The van der Waals surface area contributed by atoms with Gasteiger partial charge in [0.1, 0.15) is 12.4 Å². The van der Waals surface area contributed by atoms with Crippen LogP contribution in [0.4, 0.5) is 15.8 Å². The van der Waals surface area contributed by atoms with Gasteiger partial charge in [0.2, 0.25) is 15.9 Å². The van der Waals surface area contributed by atoms with E-state index in [0.29, 0.717) is 9.50 Å². The van der Waals surface area contributed by atoms with Crippen molar-refractivity contribution in [2.24, 2.45) is 0 Å². The van der Waals surface area contributed by atoms with Gasteiger partial charge in [0, 0.05) is 9.50 Å². The zero-order valence-electron chi connectivity index (χ0n) is 13.4.